The number of alkyl halides is 5. The van der Waals surface area contributed by atoms with Crippen LogP contribution in [0.1, 0.15) is 17.7 Å². The maximum absolute atomic E-state index is 13.0. The molecule has 0 aromatic carbocycles. The number of hydrogen-bond acceptors (Lipinski definition) is 6. The van der Waals surface area contributed by atoms with Crippen molar-refractivity contribution >= 4 is 11.7 Å². The average molecular weight is 330 g/mol. The molecule has 0 aliphatic heterocycles. The summed E-state index contributed by atoms with van der Waals surface area (Å²) in [5.41, 5.74) is -3.70. The van der Waals surface area contributed by atoms with E-state index < -0.39 is 52.8 Å². The lowest BCUT2D eigenvalue weighted by Gasteiger charge is -2.15. The Labute approximate surface area is 118 Å². The molecule has 0 amide bonds. The first-order chi connectivity index (χ1) is 10.1. The third-order valence-corrected chi connectivity index (χ3v) is 2.30. The molecule has 1 rings (SSSR count). The summed E-state index contributed by atoms with van der Waals surface area (Å²) in [5, 5.41) is 10.7. The monoisotopic (exact) mass is 330 g/mol. The number of pyridine rings is 1. The fourth-order valence-corrected chi connectivity index (χ4v) is 1.46. The van der Waals surface area contributed by atoms with Gasteiger partial charge >= 0.3 is 18.0 Å². The van der Waals surface area contributed by atoms with E-state index in [0.717, 1.165) is 7.11 Å². The number of methoxy groups -OCH3 is 1. The molecule has 0 N–H and O–H groups in total. The Balaban J connectivity index is 3.53. The molecule has 7 nitrogen and oxygen atoms in total. The van der Waals surface area contributed by atoms with Gasteiger partial charge in [0.2, 0.25) is 5.75 Å². The molecule has 0 bridgehead atoms. The van der Waals surface area contributed by atoms with E-state index in [4.69, 9.17) is 0 Å². The number of rotatable bonds is 5. The van der Waals surface area contributed by atoms with E-state index in [1.165, 1.54) is 0 Å². The smallest absolute Gasteiger partial charge is 0.469 e. The van der Waals surface area contributed by atoms with E-state index in [0.29, 0.717) is 6.20 Å². The fourth-order valence-electron chi connectivity index (χ4n) is 1.46. The number of nitrogens with zero attached hydrogens (tertiary/aromatic N) is 2. The zero-order valence-corrected chi connectivity index (χ0v) is 10.7. The Morgan fingerprint density at radius 3 is 2.45 bits per heavy atom. The van der Waals surface area contributed by atoms with Gasteiger partial charge in [-0.05, 0) is 0 Å². The molecule has 0 radical (unpaired) electrons. The maximum atomic E-state index is 13.0. The molecule has 1 aromatic heterocycles. The van der Waals surface area contributed by atoms with Gasteiger partial charge in [0.05, 0.1) is 29.7 Å². The van der Waals surface area contributed by atoms with E-state index >= 15 is 0 Å². The van der Waals surface area contributed by atoms with Gasteiger partial charge in [-0.2, -0.15) is 0 Å². The number of halogens is 5. The minimum absolute atomic E-state index is 0.297. The second-order valence-electron chi connectivity index (χ2n) is 3.69. The fraction of sp³-hybridized carbons (Fsp3) is 0.400. The topological polar surface area (TPSA) is 91.6 Å². The van der Waals surface area contributed by atoms with E-state index in [1.807, 2.05) is 0 Å². The quantitative estimate of drug-likeness (QED) is 0.357. The number of hydrogen-bond donors (Lipinski definition) is 0. The highest BCUT2D eigenvalue weighted by molar-refractivity contribution is 5.73. The largest absolute Gasteiger partial charge is 0.573 e. The van der Waals surface area contributed by atoms with Gasteiger partial charge in [-0.3, -0.25) is 19.9 Å². The lowest BCUT2D eigenvalue weighted by molar-refractivity contribution is -0.389. The van der Waals surface area contributed by atoms with Crippen molar-refractivity contribution in [1.82, 2.24) is 4.98 Å². The zero-order valence-electron chi connectivity index (χ0n) is 10.7. The van der Waals surface area contributed by atoms with Crippen LogP contribution in [0.5, 0.6) is 5.75 Å². The Bertz CT molecular complexity index is 590. The Hall–Kier alpha value is -2.53. The third kappa shape index (κ3) is 4.23. The van der Waals surface area contributed by atoms with E-state index in [2.05, 4.69) is 14.5 Å². The zero-order chi connectivity index (χ0) is 17.1. The number of carbonyl (C=O) groups excluding carboxylic acids is 1. The van der Waals surface area contributed by atoms with Crippen molar-refractivity contribution in [2.45, 2.75) is 19.2 Å². The predicted octanol–water partition coefficient (Wildman–Crippen LogP) is 2.54. The van der Waals surface area contributed by atoms with Gasteiger partial charge in [0.1, 0.15) is 6.20 Å². The Morgan fingerprint density at radius 2 is 2.05 bits per heavy atom. The molecule has 0 saturated carbocycles. The minimum Gasteiger partial charge on any atom is -0.469 e. The van der Waals surface area contributed by atoms with Crippen LogP contribution in [0.3, 0.4) is 0 Å². The summed E-state index contributed by atoms with van der Waals surface area (Å²) in [6.45, 7) is 0. The highest BCUT2D eigenvalue weighted by Gasteiger charge is 2.39. The van der Waals surface area contributed by atoms with Crippen LogP contribution in [0, 0.1) is 10.1 Å². The SMILES string of the molecule is COC(=O)Cc1ncc([N+](=O)[O-])c(OC(F)(F)F)c1C(F)F. The number of esters is 1. The van der Waals surface area contributed by atoms with Crippen LogP contribution in [-0.2, 0) is 16.0 Å². The van der Waals surface area contributed by atoms with Gasteiger partial charge < -0.3 is 9.47 Å². The molecule has 22 heavy (non-hydrogen) atoms. The summed E-state index contributed by atoms with van der Waals surface area (Å²) in [6, 6.07) is 0. The summed E-state index contributed by atoms with van der Waals surface area (Å²) in [6.07, 6.45) is -9.64. The minimum atomic E-state index is -5.45. The molecule has 0 spiro atoms. The van der Waals surface area contributed by atoms with Crippen molar-refractivity contribution < 1.29 is 41.1 Å². The standard InChI is InChI=1S/C10H7F5N2O5/c1-21-6(18)2-4-7(9(11)12)8(22-10(13,14)15)5(3-16-4)17(19)20/h3,9H,2H2,1H3. The van der Waals surface area contributed by atoms with Gasteiger partial charge in [-0.25, -0.2) is 8.78 Å². The number of ether oxygens (including phenoxy) is 2. The van der Waals surface area contributed by atoms with Crippen molar-refractivity contribution in [3.05, 3.63) is 27.6 Å². The van der Waals surface area contributed by atoms with Crippen molar-refractivity contribution in [3.8, 4) is 5.75 Å². The molecular weight excluding hydrogens is 323 g/mol. The van der Waals surface area contributed by atoms with Gasteiger partial charge in [-0.1, -0.05) is 0 Å². The van der Waals surface area contributed by atoms with Gasteiger partial charge in [-0.15, -0.1) is 13.2 Å². The molecule has 1 aromatic rings. The molecule has 0 unspecified atom stereocenters. The average Bonchev–Trinajstić information content (AvgIpc) is 2.35. The highest BCUT2D eigenvalue weighted by Crippen LogP contribution is 2.41. The molecule has 0 saturated heterocycles. The highest BCUT2D eigenvalue weighted by atomic mass is 19.4. The first kappa shape index (κ1) is 17.5. The van der Waals surface area contributed by atoms with Crippen LogP contribution in [0.15, 0.2) is 6.20 Å². The number of aromatic nitrogens is 1. The molecule has 12 heteroatoms. The normalized spacial score (nSPS) is 11.4. The van der Waals surface area contributed by atoms with Crippen LogP contribution in [-0.4, -0.2) is 29.3 Å². The van der Waals surface area contributed by atoms with Crippen LogP contribution in [0.25, 0.3) is 0 Å². The summed E-state index contributed by atoms with van der Waals surface area (Å²) in [4.78, 5) is 23.6. The van der Waals surface area contributed by atoms with Crippen LogP contribution < -0.4 is 4.74 Å². The summed E-state index contributed by atoms with van der Waals surface area (Å²) in [7, 11) is 0.920. The summed E-state index contributed by atoms with van der Waals surface area (Å²) >= 11 is 0. The predicted molar refractivity (Wildman–Crippen MR) is 58.3 cm³/mol. The lowest BCUT2D eigenvalue weighted by atomic mass is 10.1. The van der Waals surface area contributed by atoms with Gasteiger partial charge in [0.15, 0.2) is 0 Å². The number of nitro groups is 1. The van der Waals surface area contributed by atoms with E-state index in [-0.39, 0.29) is 0 Å². The van der Waals surface area contributed by atoms with E-state index in [1.54, 1.807) is 0 Å². The van der Waals surface area contributed by atoms with Crippen molar-refractivity contribution in [2.24, 2.45) is 0 Å². The van der Waals surface area contributed by atoms with Crippen LogP contribution in [0.4, 0.5) is 27.6 Å². The van der Waals surface area contributed by atoms with E-state index in [9.17, 15) is 36.9 Å². The van der Waals surface area contributed by atoms with Crippen molar-refractivity contribution in [2.75, 3.05) is 7.11 Å². The van der Waals surface area contributed by atoms with Crippen molar-refractivity contribution in [3.63, 3.8) is 0 Å². The number of carbonyl (C=O) groups is 1. The first-order valence-corrected chi connectivity index (χ1v) is 5.33. The third-order valence-electron chi connectivity index (χ3n) is 2.30. The van der Waals surface area contributed by atoms with Crippen molar-refractivity contribution in [1.29, 1.82) is 0 Å². The molecule has 0 aliphatic carbocycles. The summed E-state index contributed by atoms with van der Waals surface area (Å²) in [5.74, 6) is -2.78. The Kier molecular flexibility index (Phi) is 5.17. The first-order valence-electron chi connectivity index (χ1n) is 5.33. The molecular formula is C10H7F5N2O5. The van der Waals surface area contributed by atoms with Gasteiger partial charge in [0, 0.05) is 0 Å². The molecule has 122 valence electrons. The second-order valence-corrected chi connectivity index (χ2v) is 3.69. The second kappa shape index (κ2) is 6.49. The summed E-state index contributed by atoms with van der Waals surface area (Å²) < 4.78 is 70.4. The molecule has 0 atom stereocenters. The van der Waals surface area contributed by atoms with Gasteiger partial charge in [0.25, 0.3) is 6.43 Å². The Morgan fingerprint density at radius 1 is 1.45 bits per heavy atom. The van der Waals surface area contributed by atoms with Crippen LogP contribution >= 0.6 is 0 Å². The maximum Gasteiger partial charge on any atom is 0.573 e. The van der Waals surface area contributed by atoms with Crippen LogP contribution in [0.2, 0.25) is 0 Å². The lowest BCUT2D eigenvalue weighted by Crippen LogP contribution is -2.21. The molecule has 1 heterocycles. The molecule has 0 aliphatic rings. The molecule has 0 fully saturated rings.